The van der Waals surface area contributed by atoms with Crippen LogP contribution in [-0.4, -0.2) is 44.5 Å². The average molecular weight is 274 g/mol. The van der Waals surface area contributed by atoms with Gasteiger partial charge in [0.1, 0.15) is 0 Å². The highest BCUT2D eigenvalue weighted by Crippen LogP contribution is 2.21. The fourth-order valence-corrected chi connectivity index (χ4v) is 2.33. The van der Waals surface area contributed by atoms with Crippen molar-refractivity contribution in [1.29, 1.82) is 0 Å². The highest BCUT2D eigenvalue weighted by Gasteiger charge is 2.21. The van der Waals surface area contributed by atoms with Gasteiger partial charge >= 0.3 is 0 Å². The summed E-state index contributed by atoms with van der Waals surface area (Å²) < 4.78 is 0. The number of guanidine groups is 1. The average Bonchev–Trinajstić information content (AvgIpc) is 2.86. The Balaban J connectivity index is 1.96. The van der Waals surface area contributed by atoms with Gasteiger partial charge in [-0.15, -0.1) is 0 Å². The molecule has 1 aliphatic heterocycles. The summed E-state index contributed by atoms with van der Waals surface area (Å²) in [5, 5.41) is 3.28. The minimum Gasteiger partial charge on any atom is -0.352 e. The summed E-state index contributed by atoms with van der Waals surface area (Å²) in [4.78, 5) is 19.7. The van der Waals surface area contributed by atoms with Gasteiger partial charge in [0.15, 0.2) is 5.96 Å². The van der Waals surface area contributed by atoms with E-state index in [1.165, 1.54) is 5.56 Å². The van der Waals surface area contributed by atoms with E-state index in [1.54, 1.807) is 7.05 Å². The molecule has 5 heteroatoms. The van der Waals surface area contributed by atoms with Crippen LogP contribution in [0.25, 0.3) is 0 Å². The molecule has 1 aromatic carbocycles. The summed E-state index contributed by atoms with van der Waals surface area (Å²) in [6.45, 7) is 1.56. The van der Waals surface area contributed by atoms with Crippen LogP contribution >= 0.6 is 0 Å². The Kier molecular flexibility index (Phi) is 4.61. The molecule has 0 saturated carbocycles. The number of amides is 1. The lowest BCUT2D eigenvalue weighted by Crippen LogP contribution is -2.35. The van der Waals surface area contributed by atoms with Crippen molar-refractivity contribution in [2.45, 2.75) is 19.4 Å². The quantitative estimate of drug-likeness (QED) is 0.670. The molecule has 1 aliphatic rings. The van der Waals surface area contributed by atoms with Crippen LogP contribution in [0.5, 0.6) is 0 Å². The van der Waals surface area contributed by atoms with Crippen molar-refractivity contribution in [3.05, 3.63) is 29.8 Å². The van der Waals surface area contributed by atoms with E-state index in [9.17, 15) is 4.79 Å². The molecule has 1 heterocycles. The van der Waals surface area contributed by atoms with E-state index in [0.29, 0.717) is 6.42 Å². The lowest BCUT2D eigenvalue weighted by Gasteiger charge is -2.18. The first-order valence-corrected chi connectivity index (χ1v) is 6.89. The van der Waals surface area contributed by atoms with E-state index in [0.717, 1.165) is 31.2 Å². The van der Waals surface area contributed by atoms with Crippen molar-refractivity contribution in [2.75, 3.05) is 32.6 Å². The van der Waals surface area contributed by atoms with Gasteiger partial charge in [0.25, 0.3) is 0 Å². The Bertz CT molecular complexity index is 493. The van der Waals surface area contributed by atoms with E-state index in [4.69, 9.17) is 0 Å². The molecule has 1 fully saturated rings. The molecule has 0 aliphatic carbocycles. The predicted octanol–water partition coefficient (Wildman–Crippen LogP) is 1.45. The van der Waals surface area contributed by atoms with Crippen LogP contribution in [-0.2, 0) is 11.3 Å². The monoisotopic (exact) mass is 274 g/mol. The van der Waals surface area contributed by atoms with Gasteiger partial charge in [-0.05, 0) is 24.1 Å². The summed E-state index contributed by atoms with van der Waals surface area (Å²) in [5.74, 6) is 1.08. The van der Waals surface area contributed by atoms with Gasteiger partial charge < -0.3 is 15.1 Å². The number of hydrogen-bond acceptors (Lipinski definition) is 2. The summed E-state index contributed by atoms with van der Waals surface area (Å²) in [7, 11) is 5.68. The second kappa shape index (κ2) is 6.41. The summed E-state index contributed by atoms with van der Waals surface area (Å²) in [5.41, 5.74) is 2.16. The lowest BCUT2D eigenvalue weighted by molar-refractivity contribution is -0.117. The second-order valence-corrected chi connectivity index (χ2v) is 5.11. The molecule has 0 unspecified atom stereocenters. The van der Waals surface area contributed by atoms with Crippen LogP contribution in [0.1, 0.15) is 18.4 Å². The maximum absolute atomic E-state index is 11.7. The van der Waals surface area contributed by atoms with Gasteiger partial charge in [0.05, 0.1) is 0 Å². The fraction of sp³-hybridized carbons (Fsp3) is 0.467. The molecule has 108 valence electrons. The zero-order valence-corrected chi connectivity index (χ0v) is 12.4. The first kappa shape index (κ1) is 14.4. The third-order valence-corrected chi connectivity index (χ3v) is 3.41. The van der Waals surface area contributed by atoms with E-state index in [-0.39, 0.29) is 5.91 Å². The van der Waals surface area contributed by atoms with Gasteiger partial charge in [-0.1, -0.05) is 12.1 Å². The number of rotatable bonds is 3. The molecular weight excluding hydrogens is 252 g/mol. The first-order chi connectivity index (χ1) is 9.61. The molecule has 1 N–H and O–H groups in total. The number of nitrogens with one attached hydrogen (secondary N) is 1. The Morgan fingerprint density at radius 1 is 1.35 bits per heavy atom. The number of hydrogen-bond donors (Lipinski definition) is 1. The van der Waals surface area contributed by atoms with Crippen molar-refractivity contribution < 1.29 is 4.79 Å². The summed E-state index contributed by atoms with van der Waals surface area (Å²) >= 11 is 0. The zero-order chi connectivity index (χ0) is 14.5. The zero-order valence-electron chi connectivity index (χ0n) is 12.4. The SMILES string of the molecule is CN=C(NCc1ccc(N2CCCC2=O)cc1)N(C)C. The molecule has 1 amide bonds. The maximum atomic E-state index is 11.7. The van der Waals surface area contributed by atoms with Crippen LogP contribution in [0.4, 0.5) is 5.69 Å². The number of nitrogens with zero attached hydrogens (tertiary/aromatic N) is 3. The molecule has 0 atom stereocenters. The minimum atomic E-state index is 0.226. The second-order valence-electron chi connectivity index (χ2n) is 5.11. The molecule has 0 bridgehead atoms. The normalized spacial score (nSPS) is 15.7. The third kappa shape index (κ3) is 3.29. The maximum Gasteiger partial charge on any atom is 0.227 e. The third-order valence-electron chi connectivity index (χ3n) is 3.41. The van der Waals surface area contributed by atoms with Crippen LogP contribution in [0.3, 0.4) is 0 Å². The molecule has 2 rings (SSSR count). The molecule has 0 radical (unpaired) electrons. The number of carbonyl (C=O) groups excluding carboxylic acids is 1. The first-order valence-electron chi connectivity index (χ1n) is 6.89. The molecule has 5 nitrogen and oxygen atoms in total. The Hall–Kier alpha value is -2.04. The van der Waals surface area contributed by atoms with Gasteiger partial charge in [-0.25, -0.2) is 0 Å². The highest BCUT2D eigenvalue weighted by molar-refractivity contribution is 5.95. The molecule has 1 saturated heterocycles. The molecule has 0 aromatic heterocycles. The van der Waals surface area contributed by atoms with E-state index >= 15 is 0 Å². The van der Waals surface area contributed by atoms with Gasteiger partial charge in [0, 0.05) is 46.3 Å². The van der Waals surface area contributed by atoms with Crippen LogP contribution in [0, 0.1) is 0 Å². The molecule has 0 spiro atoms. The Morgan fingerprint density at radius 2 is 2.05 bits per heavy atom. The highest BCUT2D eigenvalue weighted by atomic mass is 16.2. The van der Waals surface area contributed by atoms with Crippen molar-refractivity contribution >= 4 is 17.6 Å². The standard InChI is InChI=1S/C15H22N4O/c1-16-15(18(2)3)17-11-12-6-8-13(9-7-12)19-10-4-5-14(19)20/h6-9H,4-5,10-11H2,1-3H3,(H,16,17). The largest absolute Gasteiger partial charge is 0.352 e. The van der Waals surface area contributed by atoms with Gasteiger partial charge in [-0.2, -0.15) is 0 Å². The van der Waals surface area contributed by atoms with Crippen molar-refractivity contribution in [2.24, 2.45) is 4.99 Å². The van der Waals surface area contributed by atoms with Crippen LogP contribution in [0.2, 0.25) is 0 Å². The molecule has 20 heavy (non-hydrogen) atoms. The number of anilines is 1. The van der Waals surface area contributed by atoms with E-state index in [2.05, 4.69) is 22.4 Å². The number of benzene rings is 1. The van der Waals surface area contributed by atoms with Crippen molar-refractivity contribution in [3.63, 3.8) is 0 Å². The van der Waals surface area contributed by atoms with Crippen molar-refractivity contribution in [1.82, 2.24) is 10.2 Å². The fourth-order valence-electron chi connectivity index (χ4n) is 2.33. The number of aliphatic imine (C=N–C) groups is 1. The lowest BCUT2D eigenvalue weighted by atomic mass is 10.2. The summed E-state index contributed by atoms with van der Waals surface area (Å²) in [6, 6.07) is 8.13. The van der Waals surface area contributed by atoms with E-state index in [1.807, 2.05) is 36.0 Å². The van der Waals surface area contributed by atoms with Crippen LogP contribution in [0.15, 0.2) is 29.3 Å². The minimum absolute atomic E-state index is 0.226. The van der Waals surface area contributed by atoms with Crippen LogP contribution < -0.4 is 10.2 Å². The Labute approximate surface area is 120 Å². The van der Waals surface area contributed by atoms with Gasteiger partial charge in [-0.3, -0.25) is 9.79 Å². The van der Waals surface area contributed by atoms with Gasteiger partial charge in [0.2, 0.25) is 5.91 Å². The topological polar surface area (TPSA) is 47.9 Å². The predicted molar refractivity (Wildman–Crippen MR) is 81.9 cm³/mol. The van der Waals surface area contributed by atoms with Crippen molar-refractivity contribution in [3.8, 4) is 0 Å². The molecule has 1 aromatic rings. The summed E-state index contributed by atoms with van der Waals surface area (Å²) in [6.07, 6.45) is 1.63. The smallest absolute Gasteiger partial charge is 0.227 e. The molecular formula is C15H22N4O. The Morgan fingerprint density at radius 3 is 2.55 bits per heavy atom. The van der Waals surface area contributed by atoms with E-state index < -0.39 is 0 Å². The number of carbonyl (C=O) groups is 1.